The van der Waals surface area contributed by atoms with Gasteiger partial charge in [-0.05, 0) is 20.3 Å². The molecule has 0 saturated carbocycles. The van der Waals surface area contributed by atoms with Crippen molar-refractivity contribution in [2.24, 2.45) is 5.73 Å². The lowest BCUT2D eigenvalue weighted by Crippen LogP contribution is -2.33. The number of carboxylic acids is 1. The van der Waals surface area contributed by atoms with Crippen LogP contribution >= 0.6 is 0 Å². The zero-order valence-electron chi connectivity index (χ0n) is 9.40. The van der Waals surface area contributed by atoms with Gasteiger partial charge >= 0.3 is 5.97 Å². The lowest BCUT2D eigenvalue weighted by Gasteiger charge is -2.20. The number of hydrogen-bond acceptors (Lipinski definition) is 3. The zero-order chi connectivity index (χ0) is 11.8. The van der Waals surface area contributed by atoms with Crippen LogP contribution in [0.5, 0.6) is 0 Å². The molecule has 0 saturated heterocycles. The molecule has 0 heterocycles. The van der Waals surface area contributed by atoms with Gasteiger partial charge in [0.05, 0.1) is 6.42 Å². The predicted octanol–water partition coefficient (Wildman–Crippen LogP) is 0.437. The number of carbonyl (C=O) groups excluding carboxylic acids is 1. The zero-order valence-corrected chi connectivity index (χ0v) is 9.40. The third kappa shape index (κ3) is 6.90. The summed E-state index contributed by atoms with van der Waals surface area (Å²) in [4.78, 5) is 23.5. The van der Waals surface area contributed by atoms with Crippen LogP contribution in [0, 0.1) is 0 Å². The van der Waals surface area contributed by atoms with Gasteiger partial charge in [-0.1, -0.05) is 0 Å². The summed E-state index contributed by atoms with van der Waals surface area (Å²) in [7, 11) is 0. The van der Waals surface area contributed by atoms with Gasteiger partial charge in [-0.3, -0.25) is 9.59 Å². The molecule has 88 valence electrons. The highest BCUT2D eigenvalue weighted by molar-refractivity contribution is 5.77. The Morgan fingerprint density at radius 1 is 1.40 bits per heavy atom. The fourth-order valence-electron chi connectivity index (χ4n) is 1.20. The molecule has 1 amide bonds. The molecular weight excluding hydrogens is 196 g/mol. The van der Waals surface area contributed by atoms with Crippen molar-refractivity contribution in [3.05, 3.63) is 0 Å². The van der Waals surface area contributed by atoms with Gasteiger partial charge in [0.1, 0.15) is 0 Å². The second-order valence-electron chi connectivity index (χ2n) is 3.63. The SMILES string of the molecule is CCN(CCC(=O)O)C(=O)CCC(C)N. The molecule has 0 aliphatic carbocycles. The molecule has 0 radical (unpaired) electrons. The molecule has 0 aromatic rings. The van der Waals surface area contributed by atoms with Gasteiger partial charge in [-0.2, -0.15) is 0 Å². The Morgan fingerprint density at radius 2 is 2.00 bits per heavy atom. The Balaban J connectivity index is 3.93. The number of nitrogens with two attached hydrogens (primary N) is 1. The summed E-state index contributed by atoms with van der Waals surface area (Å²) >= 11 is 0. The lowest BCUT2D eigenvalue weighted by molar-refractivity contribution is -0.138. The van der Waals surface area contributed by atoms with Crippen molar-refractivity contribution in [1.29, 1.82) is 0 Å². The van der Waals surface area contributed by atoms with Crippen molar-refractivity contribution in [3.63, 3.8) is 0 Å². The fourth-order valence-corrected chi connectivity index (χ4v) is 1.20. The normalized spacial score (nSPS) is 12.2. The Morgan fingerprint density at radius 3 is 2.40 bits per heavy atom. The van der Waals surface area contributed by atoms with Gasteiger partial charge in [-0.15, -0.1) is 0 Å². The Bertz CT molecular complexity index is 217. The molecule has 0 aromatic carbocycles. The molecule has 0 aliphatic rings. The number of carbonyl (C=O) groups is 2. The molecule has 0 bridgehead atoms. The molecule has 0 aromatic heterocycles. The summed E-state index contributed by atoms with van der Waals surface area (Å²) in [6.07, 6.45) is 1.03. The van der Waals surface area contributed by atoms with Crippen molar-refractivity contribution >= 4 is 11.9 Å². The minimum absolute atomic E-state index is 0.00222. The van der Waals surface area contributed by atoms with Gasteiger partial charge in [0, 0.05) is 25.6 Å². The quantitative estimate of drug-likeness (QED) is 0.646. The van der Waals surface area contributed by atoms with E-state index in [1.54, 1.807) is 4.90 Å². The van der Waals surface area contributed by atoms with Crippen molar-refractivity contribution < 1.29 is 14.7 Å². The van der Waals surface area contributed by atoms with E-state index in [0.717, 1.165) is 0 Å². The first kappa shape index (κ1) is 13.9. The minimum Gasteiger partial charge on any atom is -0.481 e. The van der Waals surface area contributed by atoms with Crippen LogP contribution in [0.1, 0.15) is 33.1 Å². The predicted molar refractivity (Wildman–Crippen MR) is 57.4 cm³/mol. The lowest BCUT2D eigenvalue weighted by atomic mass is 10.2. The van der Waals surface area contributed by atoms with E-state index in [4.69, 9.17) is 10.8 Å². The Kier molecular flexibility index (Phi) is 6.70. The molecular formula is C10H20N2O3. The number of aliphatic carboxylic acids is 1. The molecule has 5 heteroatoms. The molecule has 15 heavy (non-hydrogen) atoms. The summed E-state index contributed by atoms with van der Waals surface area (Å²) < 4.78 is 0. The van der Waals surface area contributed by atoms with Crippen molar-refractivity contribution in [3.8, 4) is 0 Å². The van der Waals surface area contributed by atoms with E-state index in [9.17, 15) is 9.59 Å². The highest BCUT2D eigenvalue weighted by Gasteiger charge is 2.12. The summed E-state index contributed by atoms with van der Waals surface area (Å²) in [6.45, 7) is 4.52. The van der Waals surface area contributed by atoms with E-state index in [2.05, 4.69) is 0 Å². The van der Waals surface area contributed by atoms with E-state index in [1.165, 1.54) is 0 Å². The maximum atomic E-state index is 11.6. The van der Waals surface area contributed by atoms with E-state index in [1.807, 2.05) is 13.8 Å². The average Bonchev–Trinajstić information content (AvgIpc) is 2.15. The third-order valence-corrected chi connectivity index (χ3v) is 2.14. The molecule has 5 nitrogen and oxygen atoms in total. The highest BCUT2D eigenvalue weighted by atomic mass is 16.4. The van der Waals surface area contributed by atoms with Crippen molar-refractivity contribution in [2.75, 3.05) is 13.1 Å². The molecule has 0 fully saturated rings. The summed E-state index contributed by atoms with van der Waals surface area (Å²) in [5.41, 5.74) is 5.54. The van der Waals surface area contributed by atoms with Crippen LogP contribution in [0.15, 0.2) is 0 Å². The van der Waals surface area contributed by atoms with E-state index < -0.39 is 5.97 Å². The molecule has 1 unspecified atom stereocenters. The summed E-state index contributed by atoms with van der Waals surface area (Å²) in [5, 5.41) is 8.50. The third-order valence-electron chi connectivity index (χ3n) is 2.14. The smallest absolute Gasteiger partial charge is 0.305 e. The minimum atomic E-state index is -0.881. The van der Waals surface area contributed by atoms with Crippen LogP contribution in [-0.2, 0) is 9.59 Å². The highest BCUT2D eigenvalue weighted by Crippen LogP contribution is 2.01. The second-order valence-corrected chi connectivity index (χ2v) is 3.63. The summed E-state index contributed by atoms with van der Waals surface area (Å²) in [6, 6.07) is 0.00660. The Hall–Kier alpha value is -1.10. The van der Waals surface area contributed by atoms with E-state index >= 15 is 0 Å². The molecule has 0 aliphatic heterocycles. The number of amides is 1. The number of rotatable bonds is 7. The molecule has 0 rings (SSSR count). The van der Waals surface area contributed by atoms with Crippen LogP contribution in [0.25, 0.3) is 0 Å². The van der Waals surface area contributed by atoms with Crippen molar-refractivity contribution in [2.45, 2.75) is 39.2 Å². The van der Waals surface area contributed by atoms with Gasteiger partial charge in [0.15, 0.2) is 0 Å². The van der Waals surface area contributed by atoms with Gasteiger partial charge in [0.25, 0.3) is 0 Å². The van der Waals surface area contributed by atoms with Gasteiger partial charge < -0.3 is 15.7 Å². The van der Waals surface area contributed by atoms with Crippen LogP contribution in [-0.4, -0.2) is 41.0 Å². The Labute approximate surface area is 90.2 Å². The number of carboxylic acid groups (broad SMARTS) is 1. The second kappa shape index (κ2) is 7.23. The first-order chi connectivity index (χ1) is 6.97. The van der Waals surface area contributed by atoms with Crippen LogP contribution in [0.3, 0.4) is 0 Å². The topological polar surface area (TPSA) is 83.6 Å². The molecule has 1 atom stereocenters. The fraction of sp³-hybridized carbons (Fsp3) is 0.800. The largest absolute Gasteiger partial charge is 0.481 e. The van der Waals surface area contributed by atoms with Gasteiger partial charge in [0.2, 0.25) is 5.91 Å². The van der Waals surface area contributed by atoms with Crippen LogP contribution in [0.4, 0.5) is 0 Å². The first-order valence-corrected chi connectivity index (χ1v) is 5.22. The molecule has 0 spiro atoms. The first-order valence-electron chi connectivity index (χ1n) is 5.22. The van der Waals surface area contributed by atoms with Gasteiger partial charge in [-0.25, -0.2) is 0 Å². The van der Waals surface area contributed by atoms with E-state index in [-0.39, 0.29) is 24.9 Å². The number of nitrogens with zero attached hydrogens (tertiary/aromatic N) is 1. The monoisotopic (exact) mass is 216 g/mol. The maximum Gasteiger partial charge on any atom is 0.305 e. The average molecular weight is 216 g/mol. The van der Waals surface area contributed by atoms with E-state index in [0.29, 0.717) is 19.4 Å². The standard InChI is InChI=1S/C10H20N2O3/c1-3-12(7-6-10(14)15)9(13)5-4-8(2)11/h8H,3-7,11H2,1-2H3,(H,14,15). The van der Waals surface area contributed by atoms with Crippen molar-refractivity contribution in [1.82, 2.24) is 4.90 Å². The summed E-state index contributed by atoms with van der Waals surface area (Å²) in [5.74, 6) is -0.899. The maximum absolute atomic E-state index is 11.6. The van der Waals surface area contributed by atoms with Crippen LogP contribution in [0.2, 0.25) is 0 Å². The van der Waals surface area contributed by atoms with Crippen LogP contribution < -0.4 is 5.73 Å². The molecule has 3 N–H and O–H groups in total. The number of hydrogen-bond donors (Lipinski definition) is 2.